The second-order valence-electron chi connectivity index (χ2n) is 4.07. The van der Waals surface area contributed by atoms with Crippen molar-refractivity contribution in [2.45, 2.75) is 11.8 Å². The van der Waals surface area contributed by atoms with Gasteiger partial charge in [-0.1, -0.05) is 23.8 Å². The molecule has 0 fully saturated rings. The van der Waals surface area contributed by atoms with Gasteiger partial charge in [0.15, 0.2) is 0 Å². The van der Waals surface area contributed by atoms with Crippen molar-refractivity contribution in [3.8, 4) is 0 Å². The van der Waals surface area contributed by atoms with Crippen LogP contribution in [-0.4, -0.2) is 13.4 Å². The Labute approximate surface area is 126 Å². The molecule has 2 rings (SSSR count). The van der Waals surface area contributed by atoms with E-state index in [9.17, 15) is 8.42 Å². The average Bonchev–Trinajstić information content (AvgIpc) is 2.40. The predicted octanol–water partition coefficient (Wildman–Crippen LogP) is 3.60. The molecule has 0 unspecified atom stereocenters. The molecule has 0 aliphatic heterocycles. The first kappa shape index (κ1) is 14.2. The van der Waals surface area contributed by atoms with Gasteiger partial charge in [0.25, 0.3) is 0 Å². The van der Waals surface area contributed by atoms with Gasteiger partial charge < -0.3 is 0 Å². The lowest BCUT2D eigenvalue weighted by Gasteiger charge is -2.02. The third-order valence-electron chi connectivity index (χ3n) is 2.55. The Morgan fingerprint density at radius 2 is 1.89 bits per heavy atom. The molecule has 1 aromatic carbocycles. The highest BCUT2D eigenvalue weighted by molar-refractivity contribution is 14.1. The third kappa shape index (κ3) is 3.63. The molecule has 0 bridgehead atoms. The quantitative estimate of drug-likeness (QED) is 0.759. The van der Waals surface area contributed by atoms with Gasteiger partial charge in [-0.2, -0.15) is 0 Å². The largest absolute Gasteiger partial charge is 0.264 e. The monoisotopic (exact) mass is 385 g/mol. The van der Waals surface area contributed by atoms with E-state index in [-0.39, 0.29) is 0 Å². The van der Waals surface area contributed by atoms with E-state index in [1.165, 1.54) is 5.41 Å². The normalized spacial score (nSPS) is 12.4. The van der Waals surface area contributed by atoms with Gasteiger partial charge in [0, 0.05) is 26.9 Å². The van der Waals surface area contributed by atoms with Crippen LogP contribution >= 0.6 is 22.6 Å². The van der Waals surface area contributed by atoms with E-state index in [1.807, 2.05) is 35.6 Å². The van der Waals surface area contributed by atoms with Crippen molar-refractivity contribution in [1.29, 1.82) is 0 Å². The molecule has 5 heteroatoms. The summed E-state index contributed by atoms with van der Waals surface area (Å²) in [5.74, 6) is 0. The Hall–Kier alpha value is -1.21. The summed E-state index contributed by atoms with van der Waals surface area (Å²) in [6, 6.07) is 10.4. The summed E-state index contributed by atoms with van der Waals surface area (Å²) in [6.07, 6.45) is 3.30. The van der Waals surface area contributed by atoms with Gasteiger partial charge >= 0.3 is 0 Å². The number of hydrogen-bond acceptors (Lipinski definition) is 3. The Balaban J connectivity index is 2.39. The SMILES string of the molecule is Cc1ccc(S(=O)(=O)/C=C(/I)c2cccnc2)cc1. The number of aromatic nitrogens is 1. The Morgan fingerprint density at radius 1 is 1.21 bits per heavy atom. The number of rotatable bonds is 3. The summed E-state index contributed by atoms with van der Waals surface area (Å²) >= 11 is 2.01. The van der Waals surface area contributed by atoms with Gasteiger partial charge in [0.2, 0.25) is 9.84 Å². The van der Waals surface area contributed by atoms with Crippen LogP contribution in [0.5, 0.6) is 0 Å². The topological polar surface area (TPSA) is 47.0 Å². The molecule has 19 heavy (non-hydrogen) atoms. The molecule has 0 saturated heterocycles. The van der Waals surface area contributed by atoms with Crippen LogP contribution in [0.25, 0.3) is 3.58 Å². The van der Waals surface area contributed by atoms with Crippen LogP contribution in [0, 0.1) is 6.92 Å². The molecular weight excluding hydrogens is 373 g/mol. The van der Waals surface area contributed by atoms with E-state index in [4.69, 9.17) is 0 Å². The molecular formula is C14H12INO2S. The average molecular weight is 385 g/mol. The number of nitrogens with zero attached hydrogens (tertiary/aromatic N) is 1. The lowest BCUT2D eigenvalue weighted by atomic mass is 10.2. The number of aryl methyl sites for hydroxylation is 1. The summed E-state index contributed by atoms with van der Waals surface area (Å²) in [6.45, 7) is 1.92. The molecule has 3 nitrogen and oxygen atoms in total. The maximum absolute atomic E-state index is 12.2. The van der Waals surface area contributed by atoms with Crippen molar-refractivity contribution in [2.75, 3.05) is 0 Å². The van der Waals surface area contributed by atoms with Crippen LogP contribution in [0.2, 0.25) is 0 Å². The second-order valence-corrected chi connectivity index (χ2v) is 7.02. The lowest BCUT2D eigenvalue weighted by Crippen LogP contribution is -1.97. The van der Waals surface area contributed by atoms with Crippen LogP contribution in [0.3, 0.4) is 0 Å². The highest BCUT2D eigenvalue weighted by Crippen LogP contribution is 2.24. The summed E-state index contributed by atoms with van der Waals surface area (Å²) in [7, 11) is -3.42. The maximum Gasteiger partial charge on any atom is 0.200 e. The Kier molecular flexibility index (Phi) is 4.36. The summed E-state index contributed by atoms with van der Waals surface area (Å²) in [4.78, 5) is 4.28. The molecule has 0 N–H and O–H groups in total. The van der Waals surface area contributed by atoms with E-state index in [0.29, 0.717) is 8.48 Å². The number of benzene rings is 1. The van der Waals surface area contributed by atoms with E-state index in [0.717, 1.165) is 11.1 Å². The molecule has 1 heterocycles. The number of hydrogen-bond donors (Lipinski definition) is 0. The summed E-state index contributed by atoms with van der Waals surface area (Å²) in [5.41, 5.74) is 1.82. The van der Waals surface area contributed by atoms with Crippen LogP contribution in [0.1, 0.15) is 11.1 Å². The van der Waals surface area contributed by atoms with Crippen LogP contribution < -0.4 is 0 Å². The number of pyridine rings is 1. The van der Waals surface area contributed by atoms with Crippen molar-refractivity contribution in [3.05, 3.63) is 65.3 Å². The zero-order chi connectivity index (χ0) is 13.9. The zero-order valence-electron chi connectivity index (χ0n) is 10.2. The fourth-order valence-corrected chi connectivity index (χ4v) is 3.89. The van der Waals surface area contributed by atoms with Gasteiger partial charge in [-0.3, -0.25) is 4.98 Å². The Morgan fingerprint density at radius 3 is 2.47 bits per heavy atom. The van der Waals surface area contributed by atoms with Gasteiger partial charge in [0.1, 0.15) is 0 Å². The molecule has 1 aromatic heterocycles. The predicted molar refractivity (Wildman–Crippen MR) is 84.6 cm³/mol. The van der Waals surface area contributed by atoms with Crippen molar-refractivity contribution < 1.29 is 8.42 Å². The minimum absolute atomic E-state index is 0.302. The maximum atomic E-state index is 12.2. The molecule has 0 radical (unpaired) electrons. The fourth-order valence-electron chi connectivity index (χ4n) is 1.50. The molecule has 98 valence electrons. The van der Waals surface area contributed by atoms with Crippen LogP contribution in [0.4, 0.5) is 0 Å². The fraction of sp³-hybridized carbons (Fsp3) is 0.0714. The van der Waals surface area contributed by atoms with Crippen molar-refractivity contribution in [2.24, 2.45) is 0 Å². The highest BCUT2D eigenvalue weighted by atomic mass is 127. The standard InChI is InChI=1S/C14H12INO2S/c1-11-4-6-13(7-5-11)19(17,18)10-14(15)12-3-2-8-16-9-12/h2-10H,1H3/b14-10+. The minimum atomic E-state index is -3.42. The smallest absolute Gasteiger partial charge is 0.200 e. The molecule has 0 saturated carbocycles. The molecule has 0 aliphatic rings. The first-order chi connectivity index (χ1) is 8.99. The van der Waals surface area contributed by atoms with Crippen LogP contribution in [0.15, 0.2) is 59.1 Å². The van der Waals surface area contributed by atoms with E-state index in [2.05, 4.69) is 4.98 Å². The molecule has 0 amide bonds. The van der Waals surface area contributed by atoms with E-state index >= 15 is 0 Å². The minimum Gasteiger partial charge on any atom is -0.264 e. The zero-order valence-corrected chi connectivity index (χ0v) is 13.2. The Bertz CT molecular complexity index is 692. The first-order valence-corrected chi connectivity index (χ1v) is 8.21. The van der Waals surface area contributed by atoms with Crippen LogP contribution in [-0.2, 0) is 9.84 Å². The molecule has 2 aromatic rings. The van der Waals surface area contributed by atoms with Gasteiger partial charge in [-0.05, 0) is 47.7 Å². The highest BCUT2D eigenvalue weighted by Gasteiger charge is 2.12. The molecule has 0 atom stereocenters. The van der Waals surface area contributed by atoms with Gasteiger partial charge in [-0.25, -0.2) is 8.42 Å². The van der Waals surface area contributed by atoms with Crippen molar-refractivity contribution in [3.63, 3.8) is 0 Å². The molecule has 0 spiro atoms. The lowest BCUT2D eigenvalue weighted by molar-refractivity contribution is 0.605. The second kappa shape index (κ2) is 5.83. The van der Waals surface area contributed by atoms with E-state index < -0.39 is 9.84 Å². The summed E-state index contributed by atoms with van der Waals surface area (Å²) in [5, 5.41) is 1.27. The van der Waals surface area contributed by atoms with Gasteiger partial charge in [-0.15, -0.1) is 0 Å². The van der Waals surface area contributed by atoms with E-state index in [1.54, 1.807) is 42.7 Å². The summed E-state index contributed by atoms with van der Waals surface area (Å²) < 4.78 is 25.1. The van der Waals surface area contributed by atoms with Gasteiger partial charge in [0.05, 0.1) is 4.90 Å². The molecule has 0 aliphatic carbocycles. The first-order valence-electron chi connectivity index (χ1n) is 5.58. The number of halogens is 1. The number of sulfone groups is 1. The van der Waals surface area contributed by atoms with Crippen molar-refractivity contribution >= 4 is 36.0 Å². The third-order valence-corrected chi connectivity index (χ3v) is 5.38. The van der Waals surface area contributed by atoms with Crippen molar-refractivity contribution in [1.82, 2.24) is 4.98 Å².